The van der Waals surface area contributed by atoms with Crippen molar-refractivity contribution in [2.45, 2.75) is 7.43 Å². The molecular formula is C35H30BClF4N2O2. The van der Waals surface area contributed by atoms with Crippen molar-refractivity contribution in [2.75, 3.05) is 0 Å². The molecule has 45 heavy (non-hydrogen) atoms. The molecule has 0 saturated heterocycles. The number of hydrogen-bond donors (Lipinski definition) is 2. The molecule has 2 heterocycles. The van der Waals surface area contributed by atoms with E-state index in [2.05, 4.69) is 9.97 Å². The highest BCUT2D eigenvalue weighted by molar-refractivity contribution is 6.58. The molecule has 2 aromatic heterocycles. The van der Waals surface area contributed by atoms with Gasteiger partial charge < -0.3 is 10.0 Å². The van der Waals surface area contributed by atoms with Crippen LogP contribution in [-0.4, -0.2) is 27.1 Å². The Morgan fingerprint density at radius 2 is 0.933 bits per heavy atom. The van der Waals surface area contributed by atoms with Gasteiger partial charge in [-0.3, -0.25) is 9.97 Å². The minimum atomic E-state index is -2.10. The molecule has 0 saturated carbocycles. The van der Waals surface area contributed by atoms with Crippen molar-refractivity contribution in [3.05, 3.63) is 162 Å². The summed E-state index contributed by atoms with van der Waals surface area (Å²) in [7, 11) is -2.10. The highest BCUT2D eigenvalue weighted by Gasteiger charge is 2.20. The van der Waals surface area contributed by atoms with Gasteiger partial charge in [0.25, 0.3) is 0 Å². The Kier molecular flexibility index (Phi) is 13.0. The van der Waals surface area contributed by atoms with Crippen LogP contribution in [0.25, 0.3) is 33.4 Å². The van der Waals surface area contributed by atoms with Gasteiger partial charge in [-0.1, -0.05) is 91.8 Å². The van der Waals surface area contributed by atoms with E-state index in [-0.39, 0.29) is 14.4 Å². The fraction of sp³-hybridized carbons (Fsp3) is 0.0286. The predicted octanol–water partition coefficient (Wildman–Crippen LogP) is 8.62. The van der Waals surface area contributed by atoms with Crippen molar-refractivity contribution in [1.82, 2.24) is 9.97 Å². The highest BCUT2D eigenvalue weighted by atomic mass is 35.5. The summed E-state index contributed by atoms with van der Waals surface area (Å²) in [5, 5.41) is 17.6. The molecule has 230 valence electrons. The summed E-state index contributed by atoms with van der Waals surface area (Å²) in [6.07, 6.45) is 6.58. The van der Waals surface area contributed by atoms with Crippen molar-refractivity contribution in [3.63, 3.8) is 0 Å². The molecule has 0 amide bonds. The van der Waals surface area contributed by atoms with Crippen molar-refractivity contribution in [3.8, 4) is 33.4 Å². The predicted molar refractivity (Wildman–Crippen MR) is 175 cm³/mol. The van der Waals surface area contributed by atoms with E-state index < -0.39 is 35.9 Å². The quantitative estimate of drug-likeness (QED) is 0.151. The molecule has 0 atom stereocenters. The standard InChI is InChI=1S/C17H11F2N.C11H8ClN.C6H5BF2O2.CH4.H2/c18-15-7-4-8-16(19)17(15)14-9-13(10-20-11-14)12-5-2-1-3-6-12;12-11-6-10(7-13-8-11)9-4-2-1-3-5-9;8-4-2-1-3-5(9)6(4)7(10)11;;/h1-11H;1-8H;1-3,10-11H;1H4;1H/i;;;;1+1. The van der Waals surface area contributed by atoms with Gasteiger partial charge in [0, 0.05) is 42.9 Å². The lowest BCUT2D eigenvalue weighted by Gasteiger charge is -2.07. The molecule has 0 radical (unpaired) electrons. The summed E-state index contributed by atoms with van der Waals surface area (Å²) in [4.78, 5) is 8.11. The van der Waals surface area contributed by atoms with E-state index in [0.29, 0.717) is 10.6 Å². The fourth-order valence-corrected chi connectivity index (χ4v) is 4.27. The van der Waals surface area contributed by atoms with Gasteiger partial charge in [-0.25, -0.2) is 17.6 Å². The lowest BCUT2D eigenvalue weighted by Crippen LogP contribution is -2.35. The van der Waals surface area contributed by atoms with Gasteiger partial charge in [0.1, 0.15) is 23.3 Å². The lowest BCUT2D eigenvalue weighted by molar-refractivity contribution is 0.419. The molecule has 0 spiro atoms. The average molecular weight is 634 g/mol. The second kappa shape index (κ2) is 16.9. The molecule has 4 aromatic carbocycles. The first-order chi connectivity index (χ1) is 21.2. The van der Waals surface area contributed by atoms with Gasteiger partial charge in [-0.05, 0) is 47.5 Å². The maximum absolute atomic E-state index is 13.8. The molecular weight excluding hydrogens is 603 g/mol. The van der Waals surface area contributed by atoms with Gasteiger partial charge in [-0.2, -0.15) is 0 Å². The minimum Gasteiger partial charge on any atom is -0.423 e. The summed E-state index contributed by atoms with van der Waals surface area (Å²) in [5.74, 6) is -3.09. The Bertz CT molecular complexity index is 1780. The van der Waals surface area contributed by atoms with Crippen molar-refractivity contribution >= 4 is 24.2 Å². The highest BCUT2D eigenvalue weighted by Crippen LogP contribution is 2.29. The van der Waals surface area contributed by atoms with Crippen molar-refractivity contribution < 1.29 is 29.0 Å². The Morgan fingerprint density at radius 3 is 1.38 bits per heavy atom. The smallest absolute Gasteiger partial charge is 0.423 e. The number of hydrogen-bond acceptors (Lipinski definition) is 4. The molecule has 0 fully saturated rings. The zero-order chi connectivity index (χ0) is 31.5. The third-order valence-corrected chi connectivity index (χ3v) is 6.37. The van der Waals surface area contributed by atoms with Gasteiger partial charge in [0.05, 0.1) is 16.0 Å². The van der Waals surface area contributed by atoms with Gasteiger partial charge in [0.15, 0.2) is 0 Å². The lowest BCUT2D eigenvalue weighted by atomic mass is 9.79. The van der Waals surface area contributed by atoms with E-state index in [1.165, 1.54) is 24.4 Å². The van der Waals surface area contributed by atoms with Crippen LogP contribution in [0.15, 0.2) is 134 Å². The summed E-state index contributed by atoms with van der Waals surface area (Å²) in [6.45, 7) is 0. The van der Waals surface area contributed by atoms with Crippen LogP contribution in [0.3, 0.4) is 0 Å². The van der Waals surface area contributed by atoms with Crippen molar-refractivity contribution in [1.29, 1.82) is 0 Å². The summed E-state index contributed by atoms with van der Waals surface area (Å²) in [5.41, 5.74) is 3.64. The Labute approximate surface area is 265 Å². The fourth-order valence-electron chi connectivity index (χ4n) is 4.10. The molecule has 6 aromatic rings. The minimum absolute atomic E-state index is 0. The normalized spacial score (nSPS) is 9.93. The van der Waals surface area contributed by atoms with Crippen LogP contribution < -0.4 is 5.46 Å². The number of rotatable bonds is 4. The van der Waals surface area contributed by atoms with E-state index in [1.807, 2.05) is 66.7 Å². The van der Waals surface area contributed by atoms with E-state index in [4.69, 9.17) is 21.6 Å². The van der Waals surface area contributed by atoms with Gasteiger partial charge >= 0.3 is 7.12 Å². The second-order valence-corrected chi connectivity index (χ2v) is 9.63. The van der Waals surface area contributed by atoms with E-state index >= 15 is 0 Å². The molecule has 0 bridgehead atoms. The first kappa shape index (κ1) is 34.7. The SMILES string of the molecule is C.Clc1cncc(-c2ccccc2)c1.Fc1cccc(F)c1-c1cncc(-c2ccccc2)c1.OB(O)c1c(F)cccc1F.[2HH]. The summed E-state index contributed by atoms with van der Waals surface area (Å²) >= 11 is 5.83. The van der Waals surface area contributed by atoms with Gasteiger partial charge in [-0.15, -0.1) is 0 Å². The van der Waals surface area contributed by atoms with E-state index in [0.717, 1.165) is 40.5 Å². The zero-order valence-corrected chi connectivity index (χ0v) is 23.7. The summed E-state index contributed by atoms with van der Waals surface area (Å²) in [6, 6.07) is 30.2. The van der Waals surface area contributed by atoms with Crippen LogP contribution in [0.1, 0.15) is 8.85 Å². The summed E-state index contributed by atoms with van der Waals surface area (Å²) < 4.78 is 52.7. The number of halogens is 5. The van der Waals surface area contributed by atoms with Crippen LogP contribution in [-0.2, 0) is 0 Å². The third-order valence-electron chi connectivity index (χ3n) is 6.17. The van der Waals surface area contributed by atoms with Crippen LogP contribution >= 0.6 is 11.6 Å². The van der Waals surface area contributed by atoms with E-state index in [1.54, 1.807) is 24.7 Å². The topological polar surface area (TPSA) is 66.2 Å². The number of pyridine rings is 2. The molecule has 0 aliphatic heterocycles. The second-order valence-electron chi connectivity index (χ2n) is 9.19. The van der Waals surface area contributed by atoms with Crippen molar-refractivity contribution in [2.24, 2.45) is 0 Å². The molecule has 4 nitrogen and oxygen atoms in total. The Balaban J connectivity index is 0.000000248. The van der Waals surface area contributed by atoms with E-state index in [9.17, 15) is 17.6 Å². The Morgan fingerprint density at radius 1 is 0.511 bits per heavy atom. The Hall–Kier alpha value is -4.83. The molecule has 0 aliphatic rings. The first-order valence-corrected chi connectivity index (χ1v) is 13.5. The number of benzene rings is 4. The zero-order valence-electron chi connectivity index (χ0n) is 23.0. The maximum Gasteiger partial charge on any atom is 0.494 e. The number of aromatic nitrogens is 2. The van der Waals surface area contributed by atoms with Crippen LogP contribution in [0.2, 0.25) is 5.02 Å². The van der Waals surface area contributed by atoms with Gasteiger partial charge in [0.2, 0.25) is 0 Å². The van der Waals surface area contributed by atoms with Crippen LogP contribution in [0.5, 0.6) is 0 Å². The molecule has 0 aliphatic carbocycles. The number of nitrogens with zero attached hydrogens (tertiary/aromatic N) is 2. The molecule has 2 N–H and O–H groups in total. The largest absolute Gasteiger partial charge is 0.494 e. The van der Waals surface area contributed by atoms with Crippen LogP contribution in [0, 0.1) is 23.3 Å². The maximum atomic E-state index is 13.8. The first-order valence-electron chi connectivity index (χ1n) is 13.2. The van der Waals surface area contributed by atoms with Crippen LogP contribution in [0.4, 0.5) is 17.6 Å². The molecule has 10 heteroatoms. The molecule has 6 rings (SSSR count). The molecule has 0 unspecified atom stereocenters. The average Bonchev–Trinajstić information content (AvgIpc) is 3.02. The third kappa shape index (κ3) is 9.58. The monoisotopic (exact) mass is 633 g/mol.